The lowest BCUT2D eigenvalue weighted by Gasteiger charge is -2.10. The molecule has 20 heavy (non-hydrogen) atoms. The van der Waals surface area contributed by atoms with Crippen LogP contribution in [0, 0.1) is 0 Å². The Kier molecular flexibility index (Phi) is 6.36. The van der Waals surface area contributed by atoms with Gasteiger partial charge in [0.2, 0.25) is 0 Å². The van der Waals surface area contributed by atoms with Gasteiger partial charge in [-0.15, -0.1) is 0 Å². The van der Waals surface area contributed by atoms with E-state index >= 15 is 0 Å². The summed E-state index contributed by atoms with van der Waals surface area (Å²) in [5, 5.41) is 9.27. The van der Waals surface area contributed by atoms with Gasteiger partial charge in [-0.2, -0.15) is 0 Å². The lowest BCUT2D eigenvalue weighted by atomic mass is 10.1. The van der Waals surface area contributed by atoms with E-state index in [1.54, 1.807) is 12.1 Å². The number of carboxylic acid groups (broad SMARTS) is 1. The van der Waals surface area contributed by atoms with Crippen LogP contribution in [0.4, 0.5) is 5.69 Å². The van der Waals surface area contributed by atoms with Crippen molar-refractivity contribution in [3.8, 4) is 5.75 Å². The summed E-state index contributed by atoms with van der Waals surface area (Å²) in [5.74, 6) is -1.02. The zero-order chi connectivity index (χ0) is 15.0. The fraction of sp³-hybridized carbons (Fsp3) is 0.429. The third-order valence-corrected chi connectivity index (χ3v) is 2.72. The monoisotopic (exact) mass is 279 g/mol. The quantitative estimate of drug-likeness (QED) is 0.384. The van der Waals surface area contributed by atoms with Crippen LogP contribution in [-0.2, 0) is 0 Å². The Morgan fingerprint density at radius 3 is 2.65 bits per heavy atom. The minimum Gasteiger partial charge on any atom is -0.493 e. The van der Waals surface area contributed by atoms with Crippen molar-refractivity contribution < 1.29 is 14.6 Å². The van der Waals surface area contributed by atoms with Gasteiger partial charge in [-0.25, -0.2) is 9.79 Å². The predicted octanol–water partition coefficient (Wildman–Crippen LogP) is 2.25. The normalized spacial score (nSPS) is 10.1. The molecule has 0 fully saturated rings. The predicted molar refractivity (Wildman–Crippen MR) is 78.5 cm³/mol. The Bertz CT molecular complexity index is 483. The lowest BCUT2D eigenvalue weighted by molar-refractivity contribution is 0.0693. The summed E-state index contributed by atoms with van der Waals surface area (Å²) in [6.07, 6.45) is 4.23. The number of aromatic carboxylic acids is 1. The minimum absolute atomic E-state index is 0.0172. The molecule has 6 nitrogen and oxygen atoms in total. The molecule has 0 amide bonds. The Morgan fingerprint density at radius 2 is 2.05 bits per heavy atom. The van der Waals surface area contributed by atoms with Crippen molar-refractivity contribution in [2.75, 3.05) is 6.61 Å². The Balaban J connectivity index is 2.84. The zero-order valence-electron chi connectivity index (χ0n) is 11.6. The van der Waals surface area contributed by atoms with E-state index < -0.39 is 5.97 Å². The molecule has 0 spiro atoms. The van der Waals surface area contributed by atoms with Crippen LogP contribution in [-0.4, -0.2) is 23.6 Å². The van der Waals surface area contributed by atoms with Crippen LogP contribution >= 0.6 is 0 Å². The molecule has 0 aliphatic carbocycles. The minimum atomic E-state index is -1.12. The third-order valence-electron chi connectivity index (χ3n) is 2.72. The number of nitrogens with zero attached hydrogens (tertiary/aromatic N) is 1. The molecule has 110 valence electrons. The molecule has 0 aromatic heterocycles. The van der Waals surface area contributed by atoms with Crippen molar-refractivity contribution >= 4 is 17.6 Å². The highest BCUT2D eigenvalue weighted by Crippen LogP contribution is 2.29. The van der Waals surface area contributed by atoms with E-state index in [0.717, 1.165) is 25.7 Å². The summed E-state index contributed by atoms with van der Waals surface area (Å²) in [7, 11) is 0. The molecular weight excluding hydrogens is 258 g/mol. The summed E-state index contributed by atoms with van der Waals surface area (Å²) >= 11 is 0. The van der Waals surface area contributed by atoms with E-state index in [1.807, 2.05) is 0 Å². The summed E-state index contributed by atoms with van der Waals surface area (Å²) in [6.45, 7) is 2.60. The molecule has 0 atom stereocenters. The van der Waals surface area contributed by atoms with Gasteiger partial charge in [0, 0.05) is 0 Å². The second-order valence-corrected chi connectivity index (χ2v) is 4.40. The molecule has 0 heterocycles. The number of unbranched alkanes of at least 4 members (excludes halogenated alkanes) is 3. The van der Waals surface area contributed by atoms with E-state index in [1.165, 1.54) is 6.07 Å². The second-order valence-electron chi connectivity index (χ2n) is 4.40. The van der Waals surface area contributed by atoms with Crippen LogP contribution < -0.4 is 16.2 Å². The van der Waals surface area contributed by atoms with Gasteiger partial charge in [-0.05, 0) is 18.6 Å². The summed E-state index contributed by atoms with van der Waals surface area (Å²) < 4.78 is 5.54. The van der Waals surface area contributed by atoms with Crippen molar-refractivity contribution in [3.63, 3.8) is 0 Å². The highest BCUT2D eigenvalue weighted by atomic mass is 16.5. The first-order chi connectivity index (χ1) is 9.56. The molecule has 1 rings (SSSR count). The first-order valence-corrected chi connectivity index (χ1v) is 6.65. The van der Waals surface area contributed by atoms with E-state index in [9.17, 15) is 9.90 Å². The van der Waals surface area contributed by atoms with Gasteiger partial charge in [0.15, 0.2) is 5.96 Å². The second kappa shape index (κ2) is 8.04. The fourth-order valence-electron chi connectivity index (χ4n) is 1.80. The van der Waals surface area contributed by atoms with E-state index in [2.05, 4.69) is 11.9 Å². The maximum Gasteiger partial charge on any atom is 0.341 e. The van der Waals surface area contributed by atoms with Crippen LogP contribution in [0.3, 0.4) is 0 Å². The fourth-order valence-corrected chi connectivity index (χ4v) is 1.80. The average Bonchev–Trinajstić information content (AvgIpc) is 2.37. The van der Waals surface area contributed by atoms with E-state index in [4.69, 9.17) is 16.2 Å². The Morgan fingerprint density at radius 1 is 1.30 bits per heavy atom. The number of ether oxygens (including phenoxy) is 1. The van der Waals surface area contributed by atoms with Gasteiger partial charge in [0.1, 0.15) is 11.3 Å². The number of guanidine groups is 1. The van der Waals surface area contributed by atoms with Crippen LogP contribution in [0.5, 0.6) is 5.75 Å². The van der Waals surface area contributed by atoms with Crippen LogP contribution in [0.25, 0.3) is 0 Å². The van der Waals surface area contributed by atoms with Gasteiger partial charge < -0.3 is 21.3 Å². The molecule has 5 N–H and O–H groups in total. The maximum absolute atomic E-state index is 11.3. The van der Waals surface area contributed by atoms with Crippen molar-refractivity contribution in [2.24, 2.45) is 16.5 Å². The molecule has 0 aliphatic rings. The smallest absolute Gasteiger partial charge is 0.341 e. The standard InChI is InChI=1S/C14H21N3O3/c1-2-3-4-5-9-20-11-8-6-7-10(17-14(15)16)12(11)13(18)19/h6-8H,2-5,9H2,1H3,(H,18,19)(H4,15,16,17). The first kappa shape index (κ1) is 15.8. The number of rotatable bonds is 8. The number of hydrogen-bond acceptors (Lipinski definition) is 3. The molecule has 0 unspecified atom stereocenters. The first-order valence-electron chi connectivity index (χ1n) is 6.65. The molecule has 1 aromatic rings. The number of benzene rings is 1. The Labute approximate surface area is 118 Å². The SMILES string of the molecule is CCCCCCOc1cccc(N=C(N)N)c1C(=O)O. The van der Waals surface area contributed by atoms with Crippen molar-refractivity contribution in [3.05, 3.63) is 23.8 Å². The number of hydrogen-bond donors (Lipinski definition) is 3. The molecule has 6 heteroatoms. The van der Waals surface area contributed by atoms with Crippen molar-refractivity contribution in [2.45, 2.75) is 32.6 Å². The van der Waals surface area contributed by atoms with E-state index in [0.29, 0.717) is 6.61 Å². The molecule has 0 saturated carbocycles. The largest absolute Gasteiger partial charge is 0.493 e. The van der Waals surface area contributed by atoms with Gasteiger partial charge >= 0.3 is 5.97 Å². The number of carbonyl (C=O) groups is 1. The summed E-state index contributed by atoms with van der Waals surface area (Å²) in [5.41, 5.74) is 10.8. The van der Waals surface area contributed by atoms with Gasteiger partial charge in [0.05, 0.1) is 12.3 Å². The summed E-state index contributed by atoms with van der Waals surface area (Å²) in [6, 6.07) is 4.80. The highest BCUT2D eigenvalue weighted by molar-refractivity contribution is 5.98. The van der Waals surface area contributed by atoms with Gasteiger partial charge in [-0.1, -0.05) is 32.3 Å². The van der Waals surface area contributed by atoms with Crippen LogP contribution in [0.1, 0.15) is 43.0 Å². The average molecular weight is 279 g/mol. The molecule has 1 aromatic carbocycles. The molecular formula is C14H21N3O3. The molecule has 0 radical (unpaired) electrons. The molecule has 0 bridgehead atoms. The van der Waals surface area contributed by atoms with Gasteiger partial charge in [0.25, 0.3) is 0 Å². The highest BCUT2D eigenvalue weighted by Gasteiger charge is 2.16. The zero-order valence-corrected chi connectivity index (χ0v) is 11.6. The van der Waals surface area contributed by atoms with Gasteiger partial charge in [-0.3, -0.25) is 0 Å². The van der Waals surface area contributed by atoms with E-state index in [-0.39, 0.29) is 23.0 Å². The maximum atomic E-state index is 11.3. The Hall–Kier alpha value is -2.24. The third kappa shape index (κ3) is 4.79. The van der Waals surface area contributed by atoms with Crippen LogP contribution in [0.15, 0.2) is 23.2 Å². The number of carboxylic acids is 1. The summed E-state index contributed by atoms with van der Waals surface area (Å²) in [4.78, 5) is 15.1. The van der Waals surface area contributed by atoms with Crippen LogP contribution in [0.2, 0.25) is 0 Å². The lowest BCUT2D eigenvalue weighted by Crippen LogP contribution is -2.22. The number of aliphatic imine (C=N–C) groups is 1. The molecule has 0 saturated heterocycles. The van der Waals surface area contributed by atoms with Crippen molar-refractivity contribution in [1.82, 2.24) is 0 Å². The number of nitrogens with two attached hydrogens (primary N) is 2. The van der Waals surface area contributed by atoms with Crippen molar-refractivity contribution in [1.29, 1.82) is 0 Å². The molecule has 0 aliphatic heterocycles. The topological polar surface area (TPSA) is 111 Å².